The van der Waals surface area contributed by atoms with Crippen molar-refractivity contribution < 1.29 is 48.6 Å². The maximum Gasteiger partial charge on any atom is 2.00 e. The van der Waals surface area contributed by atoms with Crippen LogP contribution in [0.5, 0.6) is 34.5 Å². The van der Waals surface area contributed by atoms with Crippen molar-refractivity contribution in [3.63, 3.8) is 0 Å². The minimum atomic E-state index is -0.424. The van der Waals surface area contributed by atoms with Gasteiger partial charge in [-0.05, 0) is 87.9 Å². The Hall–Kier alpha value is -4.74. The molecular weight excluding hydrogens is 706 g/mol. The predicted molar refractivity (Wildman–Crippen MR) is 170 cm³/mol. The third kappa shape index (κ3) is 8.75. The van der Waals surface area contributed by atoms with Crippen molar-refractivity contribution in [3.8, 4) is 34.5 Å². The first-order chi connectivity index (χ1) is 21.8. The molecule has 2 aromatic heterocycles. The van der Waals surface area contributed by atoms with Crippen molar-refractivity contribution >= 4 is 35.9 Å². The fourth-order valence-corrected chi connectivity index (χ4v) is 4.06. The normalized spacial score (nSPS) is 11.1. The number of aromatic nitrogens is 6. The van der Waals surface area contributed by atoms with E-state index in [0.29, 0.717) is 22.6 Å². The summed E-state index contributed by atoms with van der Waals surface area (Å²) in [6.45, 7) is 6.45. The van der Waals surface area contributed by atoms with Gasteiger partial charge in [0.1, 0.15) is 34.4 Å². The Morgan fingerprint density at radius 1 is 0.681 bits per heavy atom. The number of methoxy groups -OCH3 is 4. The first-order valence-corrected chi connectivity index (χ1v) is 13.9. The van der Waals surface area contributed by atoms with Gasteiger partial charge in [0.05, 0.1) is 39.9 Å². The third-order valence-electron chi connectivity index (χ3n) is 6.28. The average Bonchev–Trinajstić information content (AvgIpc) is 3.05. The second-order valence-corrected chi connectivity index (χ2v) is 10.0. The molecular formula is C28H30N8O8S2Zn. The van der Waals surface area contributed by atoms with Crippen LogP contribution in [-0.4, -0.2) is 69.6 Å². The Kier molecular flexibility index (Phi) is 13.7. The zero-order valence-corrected chi connectivity index (χ0v) is 31.4. The summed E-state index contributed by atoms with van der Waals surface area (Å²) in [5, 5.41) is 44.9. The van der Waals surface area contributed by atoms with Crippen LogP contribution in [0, 0.1) is 23.4 Å². The van der Waals surface area contributed by atoms with Crippen LogP contribution in [0.25, 0.3) is 0 Å². The van der Waals surface area contributed by atoms with Crippen molar-refractivity contribution in [2.24, 2.45) is 10.2 Å². The van der Waals surface area contributed by atoms with Crippen LogP contribution in [-0.2, 0) is 19.5 Å². The number of hydrogen-bond donors (Lipinski definition) is 2. The van der Waals surface area contributed by atoms with E-state index in [1.807, 2.05) is 0 Å². The van der Waals surface area contributed by atoms with Crippen LogP contribution in [0.3, 0.4) is 0 Å². The number of nitrogens with one attached hydrogen (secondary N) is 2. The van der Waals surface area contributed by atoms with E-state index in [9.17, 15) is 19.8 Å². The molecule has 0 fully saturated rings. The van der Waals surface area contributed by atoms with Gasteiger partial charge in [-0.2, -0.15) is 29.8 Å². The van der Waals surface area contributed by atoms with Gasteiger partial charge in [-0.15, -0.1) is 0 Å². The fourth-order valence-electron chi connectivity index (χ4n) is 3.72. The largest absolute Gasteiger partial charge is 2.00 e. The summed E-state index contributed by atoms with van der Waals surface area (Å²) < 4.78 is 22.4. The number of hydrogen-bond acceptors (Lipinski definition) is 14. The van der Waals surface area contributed by atoms with Crippen molar-refractivity contribution in [3.05, 3.63) is 77.0 Å². The molecule has 0 saturated heterocycles. The first kappa shape index (κ1) is 38.4. The van der Waals surface area contributed by atoms with Crippen LogP contribution >= 0.6 is 24.4 Å². The third-order valence-corrected chi connectivity index (χ3v) is 6.81. The molecule has 0 spiro atoms. The molecule has 4 aromatic rings. The quantitative estimate of drug-likeness (QED) is 0.151. The second-order valence-electron chi connectivity index (χ2n) is 9.25. The van der Waals surface area contributed by atoms with Crippen molar-refractivity contribution in [2.45, 2.75) is 27.7 Å². The summed E-state index contributed by atoms with van der Waals surface area (Å²) in [4.78, 5) is 24.1. The van der Waals surface area contributed by atoms with Gasteiger partial charge in [0.15, 0.2) is 0 Å². The zero-order chi connectivity index (χ0) is 34.3. The van der Waals surface area contributed by atoms with Gasteiger partial charge in [-0.1, -0.05) is 0 Å². The second kappa shape index (κ2) is 16.7. The first-order valence-electron chi connectivity index (χ1n) is 13.1. The Bertz CT molecular complexity index is 1870. The molecule has 47 heavy (non-hydrogen) atoms. The molecule has 0 radical (unpaired) electrons. The van der Waals surface area contributed by atoms with Gasteiger partial charge in [0, 0.05) is 11.1 Å². The summed E-state index contributed by atoms with van der Waals surface area (Å²) in [6.07, 6.45) is 0. The van der Waals surface area contributed by atoms with E-state index in [0.717, 1.165) is 9.35 Å². The molecule has 0 atom stereocenters. The molecule has 0 bridgehead atoms. The monoisotopic (exact) mass is 734 g/mol. The minimum Gasteiger partial charge on any atom is -0.867 e. The fraction of sp³-hybridized carbons (Fsp3) is 0.286. The smallest absolute Gasteiger partial charge is 0.867 e. The zero-order valence-electron chi connectivity index (χ0n) is 26.8. The van der Waals surface area contributed by atoms with E-state index < -0.39 is 11.1 Å². The van der Waals surface area contributed by atoms with E-state index in [1.165, 1.54) is 52.7 Å². The van der Waals surface area contributed by atoms with Gasteiger partial charge >= 0.3 is 19.5 Å². The van der Waals surface area contributed by atoms with Crippen LogP contribution in [0.1, 0.15) is 36.4 Å². The molecule has 0 aliphatic heterocycles. The summed E-state index contributed by atoms with van der Waals surface area (Å²) in [5.41, 5.74) is 1.66. The number of ether oxygens (including phenoxy) is 4. The molecule has 0 amide bonds. The van der Waals surface area contributed by atoms with E-state index in [1.54, 1.807) is 27.7 Å². The Balaban J connectivity index is 0.000000320. The molecule has 0 saturated carbocycles. The van der Waals surface area contributed by atoms with E-state index in [2.05, 4.69) is 30.6 Å². The predicted octanol–water partition coefficient (Wildman–Crippen LogP) is 1.94. The molecule has 2 N–H and O–H groups in total. The van der Waals surface area contributed by atoms with Gasteiger partial charge < -0.3 is 29.2 Å². The van der Waals surface area contributed by atoms with Gasteiger partial charge in [-0.3, -0.25) is 19.8 Å². The topological polar surface area (TPSA) is 209 Å². The van der Waals surface area contributed by atoms with Gasteiger partial charge in [0.2, 0.25) is 9.54 Å². The van der Waals surface area contributed by atoms with Crippen LogP contribution < -0.4 is 40.3 Å². The maximum absolute atomic E-state index is 12.1. The maximum atomic E-state index is 12.1. The van der Waals surface area contributed by atoms with Crippen molar-refractivity contribution in [1.82, 2.24) is 29.7 Å². The Morgan fingerprint density at radius 2 is 0.957 bits per heavy atom. The molecule has 244 valence electrons. The number of benzene rings is 2. The van der Waals surface area contributed by atoms with Crippen LogP contribution in [0.4, 0.5) is 0 Å². The molecule has 19 heteroatoms. The standard InChI is InChI=1S/2C14H16N4O4S.Zn/c2*1-7(17-18-13(20)8(2)15-16-14(18)23)9-5-10(21-3)12(19)11(6-9)22-4;/h2*5-6,19H,1-4H3,(H,16,23);/q;;+2/p-2. The summed E-state index contributed by atoms with van der Waals surface area (Å²) in [7, 11) is 5.55. The molecule has 4 rings (SSSR count). The van der Waals surface area contributed by atoms with E-state index in [-0.39, 0.29) is 74.9 Å². The molecule has 2 heterocycles. The summed E-state index contributed by atoms with van der Waals surface area (Å²) >= 11 is 10.0. The van der Waals surface area contributed by atoms with E-state index in [4.69, 9.17) is 43.4 Å². The SMILES string of the molecule is COc1cc(C(C)=Nn2c(=S)[nH]nc(C)c2=O)cc(OC)c1[O-].COc1cc(C(C)=Nn2c(=S)[nH]nc(C)c2=O)cc(OC)c1[O-].[Zn+2]. The van der Waals surface area contributed by atoms with Crippen molar-refractivity contribution in [1.29, 1.82) is 0 Å². The molecule has 0 aliphatic carbocycles. The number of aromatic amines is 2. The van der Waals surface area contributed by atoms with Crippen LogP contribution in [0.15, 0.2) is 44.1 Å². The van der Waals surface area contributed by atoms with Gasteiger partial charge in [0.25, 0.3) is 11.1 Å². The molecule has 0 aliphatic rings. The van der Waals surface area contributed by atoms with Gasteiger partial charge in [-0.25, -0.2) is 0 Å². The molecule has 2 aromatic carbocycles. The minimum absolute atomic E-state index is 0. The number of H-pyrrole nitrogens is 2. The Labute approximate surface area is 291 Å². The number of aryl methyl sites for hydroxylation is 2. The summed E-state index contributed by atoms with van der Waals surface area (Å²) in [5.74, 6) is -0.231. The average molecular weight is 736 g/mol. The van der Waals surface area contributed by atoms with Crippen LogP contribution in [0.2, 0.25) is 0 Å². The number of nitrogens with zero attached hydrogens (tertiary/aromatic N) is 6. The molecule has 0 unspecified atom stereocenters. The van der Waals surface area contributed by atoms with E-state index >= 15 is 0 Å². The Morgan fingerprint density at radius 3 is 1.21 bits per heavy atom. The molecule has 16 nitrogen and oxygen atoms in total. The van der Waals surface area contributed by atoms with Crippen molar-refractivity contribution in [2.75, 3.05) is 28.4 Å². The summed E-state index contributed by atoms with van der Waals surface area (Å²) in [6, 6.07) is 6.09. The number of rotatable bonds is 8.